The van der Waals surface area contributed by atoms with E-state index in [0.29, 0.717) is 63.8 Å². The molecule has 2 aliphatic heterocycles. The first-order valence-electron chi connectivity index (χ1n) is 11.5. The average Bonchev–Trinajstić information content (AvgIpc) is 2.78. The van der Waals surface area contributed by atoms with Gasteiger partial charge in [0.15, 0.2) is 0 Å². The maximum absolute atomic E-state index is 13.9. The van der Waals surface area contributed by atoms with Gasteiger partial charge in [0.25, 0.3) is 5.91 Å². The van der Waals surface area contributed by atoms with E-state index in [4.69, 9.17) is 0 Å². The molecule has 176 valence electrons. The molecule has 0 radical (unpaired) electrons. The number of benzene rings is 1. The first-order chi connectivity index (χ1) is 15.2. The van der Waals surface area contributed by atoms with Crippen molar-refractivity contribution in [3.63, 3.8) is 0 Å². The molecule has 1 aromatic rings. The van der Waals surface area contributed by atoms with Crippen LogP contribution in [0.5, 0.6) is 0 Å². The van der Waals surface area contributed by atoms with Crippen LogP contribution in [0.2, 0.25) is 0 Å². The van der Waals surface area contributed by atoms with Crippen LogP contribution in [0, 0.1) is 29.4 Å². The van der Waals surface area contributed by atoms with Gasteiger partial charge < -0.3 is 15.1 Å². The highest BCUT2D eigenvalue weighted by atomic mass is 19.1. The highest BCUT2D eigenvalue weighted by molar-refractivity contribution is 5.94. The maximum Gasteiger partial charge on any atom is 0.256 e. The Bertz CT molecular complexity index is 845. The third kappa shape index (κ3) is 5.64. The highest BCUT2D eigenvalue weighted by Crippen LogP contribution is 2.25. The number of hydrogen-bond acceptors (Lipinski definition) is 3. The van der Waals surface area contributed by atoms with Gasteiger partial charge in [-0.05, 0) is 50.7 Å². The molecule has 2 aliphatic rings. The van der Waals surface area contributed by atoms with Gasteiger partial charge in [-0.1, -0.05) is 13.8 Å². The number of carbonyl (C=O) groups excluding carboxylic acids is 3. The molecule has 1 unspecified atom stereocenters. The molecule has 0 saturated carbocycles. The quantitative estimate of drug-likeness (QED) is 0.751. The summed E-state index contributed by atoms with van der Waals surface area (Å²) >= 11 is 0. The van der Waals surface area contributed by atoms with Crippen LogP contribution in [0.4, 0.5) is 8.78 Å². The van der Waals surface area contributed by atoms with Crippen LogP contribution >= 0.6 is 0 Å². The Balaban J connectivity index is 1.47. The average molecular weight is 450 g/mol. The number of amides is 3. The first-order valence-corrected chi connectivity index (χ1v) is 11.5. The number of carbonyl (C=O) groups is 3. The molecule has 0 aliphatic carbocycles. The van der Waals surface area contributed by atoms with Crippen molar-refractivity contribution >= 4 is 17.7 Å². The Labute approximate surface area is 188 Å². The van der Waals surface area contributed by atoms with Crippen LogP contribution in [-0.2, 0) is 9.59 Å². The van der Waals surface area contributed by atoms with Crippen molar-refractivity contribution in [1.29, 1.82) is 0 Å². The molecule has 1 atom stereocenters. The zero-order valence-corrected chi connectivity index (χ0v) is 19.1. The molecule has 0 aromatic heterocycles. The Morgan fingerprint density at radius 1 is 0.906 bits per heavy atom. The second-order valence-corrected chi connectivity index (χ2v) is 9.33. The van der Waals surface area contributed by atoms with E-state index in [1.807, 2.05) is 11.8 Å². The van der Waals surface area contributed by atoms with Gasteiger partial charge in [-0.3, -0.25) is 14.4 Å². The lowest BCUT2D eigenvalue weighted by molar-refractivity contribution is -0.140. The number of nitrogens with zero attached hydrogens (tertiary/aromatic N) is 2. The minimum absolute atomic E-state index is 0.0645. The van der Waals surface area contributed by atoms with Crippen LogP contribution in [0.1, 0.15) is 56.8 Å². The lowest BCUT2D eigenvalue weighted by Gasteiger charge is -2.37. The van der Waals surface area contributed by atoms with Crippen molar-refractivity contribution in [2.75, 3.05) is 26.2 Å². The third-order valence-corrected chi connectivity index (χ3v) is 6.84. The second kappa shape index (κ2) is 10.4. The number of rotatable bonds is 5. The van der Waals surface area contributed by atoms with Crippen LogP contribution in [0.15, 0.2) is 18.2 Å². The minimum Gasteiger partial charge on any atom is -0.353 e. The third-order valence-electron chi connectivity index (χ3n) is 6.84. The predicted molar refractivity (Wildman–Crippen MR) is 117 cm³/mol. The van der Waals surface area contributed by atoms with Gasteiger partial charge in [-0.15, -0.1) is 0 Å². The summed E-state index contributed by atoms with van der Waals surface area (Å²) in [6.45, 7) is 7.99. The molecule has 1 N–H and O–H groups in total. The molecule has 1 aromatic carbocycles. The smallest absolute Gasteiger partial charge is 0.256 e. The van der Waals surface area contributed by atoms with Gasteiger partial charge in [0, 0.05) is 50.1 Å². The summed E-state index contributed by atoms with van der Waals surface area (Å²) in [5.74, 6) is -1.80. The number of hydrogen-bond donors (Lipinski definition) is 1. The Hall–Kier alpha value is -2.51. The Kier molecular flexibility index (Phi) is 7.85. The summed E-state index contributed by atoms with van der Waals surface area (Å²) in [7, 11) is 0. The van der Waals surface area contributed by atoms with Gasteiger partial charge >= 0.3 is 0 Å². The monoisotopic (exact) mass is 449 g/mol. The summed E-state index contributed by atoms with van der Waals surface area (Å²) < 4.78 is 27.0. The normalized spacial score (nSPS) is 19.2. The number of halogens is 2. The second-order valence-electron chi connectivity index (χ2n) is 9.33. The van der Waals surface area contributed by atoms with Gasteiger partial charge in [-0.2, -0.15) is 0 Å². The molecule has 8 heteroatoms. The fourth-order valence-corrected chi connectivity index (χ4v) is 4.29. The molecule has 3 amide bonds. The highest BCUT2D eigenvalue weighted by Gasteiger charge is 2.34. The zero-order valence-electron chi connectivity index (χ0n) is 19.1. The topological polar surface area (TPSA) is 69.7 Å². The molecular formula is C24H33F2N3O3. The largest absolute Gasteiger partial charge is 0.353 e. The SMILES string of the molecule is CC(C)C(C)NC(=O)C1CCN(C(=O)C2CCN(C(=O)c3ccc(F)cc3F)CC2)CC1. The van der Waals surface area contributed by atoms with Crippen LogP contribution in [-0.4, -0.2) is 59.7 Å². The van der Waals surface area contributed by atoms with Gasteiger partial charge in [0.2, 0.25) is 11.8 Å². The molecule has 2 heterocycles. The number of likely N-dealkylation sites (tertiary alicyclic amines) is 2. The Morgan fingerprint density at radius 3 is 2.03 bits per heavy atom. The van der Waals surface area contributed by atoms with Crippen molar-refractivity contribution < 1.29 is 23.2 Å². The van der Waals surface area contributed by atoms with Crippen LogP contribution < -0.4 is 5.32 Å². The predicted octanol–water partition coefficient (Wildman–Crippen LogP) is 3.22. The lowest BCUT2D eigenvalue weighted by atomic mass is 9.91. The van der Waals surface area contributed by atoms with Gasteiger partial charge in [-0.25, -0.2) is 8.78 Å². The number of piperidine rings is 2. The summed E-state index contributed by atoms with van der Waals surface area (Å²) in [5.41, 5.74) is -0.150. The standard InChI is InChI=1S/C24H33F2N3O3/c1-15(2)16(3)27-22(30)17-6-10-28(11-7-17)23(31)18-8-12-29(13-9-18)24(32)20-5-4-19(25)14-21(20)26/h4-5,14-18H,6-13H2,1-3H3,(H,27,30). The molecule has 3 rings (SSSR count). The van der Waals surface area contributed by atoms with E-state index < -0.39 is 17.5 Å². The molecule has 6 nitrogen and oxygen atoms in total. The van der Waals surface area contributed by atoms with E-state index >= 15 is 0 Å². The number of nitrogens with one attached hydrogen (secondary N) is 1. The van der Waals surface area contributed by atoms with Crippen molar-refractivity contribution in [1.82, 2.24) is 15.1 Å². The fourth-order valence-electron chi connectivity index (χ4n) is 4.29. The zero-order chi connectivity index (χ0) is 23.4. The summed E-state index contributed by atoms with van der Waals surface area (Å²) in [4.78, 5) is 41.3. The molecule has 0 spiro atoms. The van der Waals surface area contributed by atoms with Gasteiger partial charge in [0.05, 0.1) is 5.56 Å². The van der Waals surface area contributed by atoms with E-state index in [-0.39, 0.29) is 35.3 Å². The van der Waals surface area contributed by atoms with E-state index in [1.54, 1.807) is 0 Å². The van der Waals surface area contributed by atoms with Crippen molar-refractivity contribution in [3.8, 4) is 0 Å². The first kappa shape index (κ1) is 24.1. The Morgan fingerprint density at radius 2 is 1.47 bits per heavy atom. The lowest BCUT2D eigenvalue weighted by Crippen LogP contribution is -2.49. The summed E-state index contributed by atoms with van der Waals surface area (Å²) in [5, 5.41) is 3.07. The van der Waals surface area contributed by atoms with Crippen LogP contribution in [0.25, 0.3) is 0 Å². The van der Waals surface area contributed by atoms with E-state index in [0.717, 1.165) is 12.1 Å². The fraction of sp³-hybridized carbons (Fsp3) is 0.625. The minimum atomic E-state index is -0.872. The van der Waals surface area contributed by atoms with Crippen molar-refractivity contribution in [2.24, 2.45) is 17.8 Å². The van der Waals surface area contributed by atoms with E-state index in [2.05, 4.69) is 19.2 Å². The molecule has 32 heavy (non-hydrogen) atoms. The van der Waals surface area contributed by atoms with E-state index in [9.17, 15) is 23.2 Å². The summed E-state index contributed by atoms with van der Waals surface area (Å²) in [6.07, 6.45) is 2.34. The molecule has 0 bridgehead atoms. The maximum atomic E-state index is 13.9. The van der Waals surface area contributed by atoms with Crippen molar-refractivity contribution in [2.45, 2.75) is 52.5 Å². The molecule has 2 saturated heterocycles. The summed E-state index contributed by atoms with van der Waals surface area (Å²) in [6, 6.07) is 3.06. The molecule has 2 fully saturated rings. The van der Waals surface area contributed by atoms with E-state index in [1.165, 1.54) is 4.90 Å². The van der Waals surface area contributed by atoms with Crippen LogP contribution in [0.3, 0.4) is 0 Å². The molecular weight excluding hydrogens is 416 g/mol. The van der Waals surface area contributed by atoms with Gasteiger partial charge in [0.1, 0.15) is 11.6 Å². The van der Waals surface area contributed by atoms with Crippen molar-refractivity contribution in [3.05, 3.63) is 35.4 Å².